The highest BCUT2D eigenvalue weighted by Gasteiger charge is 2.28. The van der Waals surface area contributed by atoms with E-state index in [1.54, 1.807) is 51.1 Å². The summed E-state index contributed by atoms with van der Waals surface area (Å²) in [6.45, 7) is 6.48. The maximum Gasteiger partial charge on any atom is 0.408 e. The van der Waals surface area contributed by atoms with Crippen molar-refractivity contribution in [1.29, 1.82) is 0 Å². The molecule has 9 heteroatoms. The lowest BCUT2D eigenvalue weighted by atomic mass is 9.97. The quantitative estimate of drug-likeness (QED) is 0.629. The molecule has 0 saturated carbocycles. The molecule has 31 heavy (non-hydrogen) atoms. The minimum atomic E-state index is -1.12. The Morgan fingerprint density at radius 2 is 1.97 bits per heavy atom. The van der Waals surface area contributed by atoms with Gasteiger partial charge < -0.3 is 24.6 Å². The van der Waals surface area contributed by atoms with Crippen molar-refractivity contribution in [2.24, 2.45) is 0 Å². The smallest absolute Gasteiger partial charge is 0.408 e. The molecule has 1 aliphatic rings. The lowest BCUT2D eigenvalue weighted by Crippen LogP contribution is -2.37. The van der Waals surface area contributed by atoms with Gasteiger partial charge in [-0.2, -0.15) is 0 Å². The molecular formula is C22H26Cl2N2O5. The molecule has 1 aliphatic heterocycles. The Bertz CT molecular complexity index is 896. The topological polar surface area (TPSA) is 89.9 Å². The molecular weight excluding hydrogens is 443 g/mol. The number of alkyl carbamates (subject to hydrolysis) is 1. The molecule has 3 atom stereocenters. The molecule has 0 radical (unpaired) electrons. The van der Waals surface area contributed by atoms with Gasteiger partial charge in [-0.3, -0.25) is 0 Å². The van der Waals surface area contributed by atoms with Crippen LogP contribution in [0.5, 0.6) is 5.88 Å². The monoisotopic (exact) mass is 468 g/mol. The number of carbonyl (C=O) groups excluding carboxylic acids is 1. The lowest BCUT2D eigenvalue weighted by Gasteiger charge is -2.27. The Balaban J connectivity index is 1.81. The summed E-state index contributed by atoms with van der Waals surface area (Å²) in [5, 5.41) is 14.5. The number of carbonyl (C=O) groups is 1. The van der Waals surface area contributed by atoms with E-state index in [0.717, 1.165) is 6.42 Å². The van der Waals surface area contributed by atoms with E-state index in [1.165, 1.54) is 6.20 Å². The molecule has 1 aromatic carbocycles. The summed E-state index contributed by atoms with van der Waals surface area (Å²) < 4.78 is 16.4. The largest absolute Gasteiger partial charge is 0.472 e. The van der Waals surface area contributed by atoms with Crippen LogP contribution in [0.4, 0.5) is 4.79 Å². The highest BCUT2D eigenvalue weighted by atomic mass is 35.5. The maximum atomic E-state index is 12.4. The van der Waals surface area contributed by atoms with E-state index < -0.39 is 23.8 Å². The van der Waals surface area contributed by atoms with Crippen LogP contribution >= 0.6 is 23.2 Å². The van der Waals surface area contributed by atoms with Gasteiger partial charge in [0.2, 0.25) is 5.88 Å². The summed E-state index contributed by atoms with van der Waals surface area (Å²) in [6.07, 6.45) is 0.501. The summed E-state index contributed by atoms with van der Waals surface area (Å²) in [5.74, 6) is 0.442. The Kier molecular flexibility index (Phi) is 7.64. The molecule has 3 unspecified atom stereocenters. The Labute approximate surface area is 191 Å². The summed E-state index contributed by atoms with van der Waals surface area (Å²) in [5.41, 5.74) is 0.361. The standard InChI is InChI=1S/C22H26Cl2N2O5/c1-22(2,3)31-21(28)26-19(13-4-6-16(23)17(24)10-13)20(27)14-5-7-18(25-11-14)30-15-8-9-29-12-15/h4-7,10-11,15,19-20,27H,8-9,12H2,1-3H3,(H,26,28). The number of hydrogen-bond acceptors (Lipinski definition) is 6. The molecule has 1 saturated heterocycles. The molecule has 1 fully saturated rings. The number of ether oxygens (including phenoxy) is 3. The van der Waals surface area contributed by atoms with Gasteiger partial charge in [-0.25, -0.2) is 9.78 Å². The fourth-order valence-electron chi connectivity index (χ4n) is 3.09. The van der Waals surface area contributed by atoms with Gasteiger partial charge in [0.15, 0.2) is 0 Å². The molecule has 0 aliphatic carbocycles. The summed E-state index contributed by atoms with van der Waals surface area (Å²) in [4.78, 5) is 16.7. The summed E-state index contributed by atoms with van der Waals surface area (Å²) in [6, 6.07) is 7.42. The number of aromatic nitrogens is 1. The second-order valence-corrected chi connectivity index (χ2v) is 9.09. The number of benzene rings is 1. The zero-order valence-corrected chi connectivity index (χ0v) is 19.1. The average molecular weight is 469 g/mol. The average Bonchev–Trinajstić information content (AvgIpc) is 3.20. The number of aliphatic hydroxyl groups excluding tert-OH is 1. The van der Waals surface area contributed by atoms with Crippen molar-refractivity contribution in [1.82, 2.24) is 10.3 Å². The second kappa shape index (κ2) is 10.0. The molecule has 7 nitrogen and oxygen atoms in total. The zero-order valence-electron chi connectivity index (χ0n) is 17.6. The van der Waals surface area contributed by atoms with Gasteiger partial charge in [0.25, 0.3) is 0 Å². The molecule has 1 amide bonds. The van der Waals surface area contributed by atoms with Crippen molar-refractivity contribution in [3.8, 4) is 5.88 Å². The van der Waals surface area contributed by atoms with Crippen LogP contribution in [0.3, 0.4) is 0 Å². The van der Waals surface area contributed by atoms with Gasteiger partial charge in [-0.15, -0.1) is 0 Å². The molecule has 0 bridgehead atoms. The Morgan fingerprint density at radius 1 is 1.23 bits per heavy atom. The van der Waals surface area contributed by atoms with Gasteiger partial charge in [0.05, 0.1) is 29.3 Å². The highest BCUT2D eigenvalue weighted by Crippen LogP contribution is 2.33. The molecule has 168 valence electrons. The van der Waals surface area contributed by atoms with Gasteiger partial charge in [0.1, 0.15) is 17.8 Å². The van der Waals surface area contributed by atoms with Crippen LogP contribution < -0.4 is 10.1 Å². The number of nitrogens with zero attached hydrogens (tertiary/aromatic N) is 1. The number of pyridine rings is 1. The third-order valence-corrected chi connectivity index (χ3v) is 5.31. The number of hydrogen-bond donors (Lipinski definition) is 2. The van der Waals surface area contributed by atoms with Crippen molar-refractivity contribution in [3.05, 3.63) is 57.7 Å². The van der Waals surface area contributed by atoms with Gasteiger partial charge in [0, 0.05) is 24.2 Å². The van der Waals surface area contributed by atoms with Crippen LogP contribution in [-0.2, 0) is 9.47 Å². The second-order valence-electron chi connectivity index (χ2n) is 8.28. The molecule has 0 spiro atoms. The van der Waals surface area contributed by atoms with E-state index in [2.05, 4.69) is 10.3 Å². The third kappa shape index (κ3) is 6.71. The maximum absolute atomic E-state index is 12.4. The molecule has 2 N–H and O–H groups in total. The number of amides is 1. The molecule has 2 aromatic rings. The van der Waals surface area contributed by atoms with Gasteiger partial charge in [-0.1, -0.05) is 29.3 Å². The lowest BCUT2D eigenvalue weighted by molar-refractivity contribution is 0.0418. The zero-order chi connectivity index (χ0) is 22.6. The summed E-state index contributed by atoms with van der Waals surface area (Å²) >= 11 is 12.2. The fourth-order valence-corrected chi connectivity index (χ4v) is 3.40. The molecule has 1 aromatic heterocycles. The normalized spacial score (nSPS) is 18.3. The number of halogens is 2. The van der Waals surface area contributed by atoms with Crippen molar-refractivity contribution < 1.29 is 24.1 Å². The Morgan fingerprint density at radius 3 is 2.55 bits per heavy atom. The van der Waals surface area contributed by atoms with Crippen LogP contribution in [0.2, 0.25) is 10.0 Å². The predicted molar refractivity (Wildman–Crippen MR) is 118 cm³/mol. The SMILES string of the molecule is CC(C)(C)OC(=O)NC(c1ccc(Cl)c(Cl)c1)C(O)c1ccc(OC2CCOC2)nc1. The van der Waals surface area contributed by atoms with E-state index in [0.29, 0.717) is 40.3 Å². The van der Waals surface area contributed by atoms with Crippen molar-refractivity contribution >= 4 is 29.3 Å². The highest BCUT2D eigenvalue weighted by molar-refractivity contribution is 6.42. The van der Waals surface area contributed by atoms with Crippen LogP contribution in [0.25, 0.3) is 0 Å². The van der Waals surface area contributed by atoms with E-state index in [9.17, 15) is 9.90 Å². The van der Waals surface area contributed by atoms with Crippen LogP contribution in [0.15, 0.2) is 36.5 Å². The minimum absolute atomic E-state index is 0.0268. The van der Waals surface area contributed by atoms with Crippen molar-refractivity contribution in [3.63, 3.8) is 0 Å². The first-order valence-corrected chi connectivity index (χ1v) is 10.7. The van der Waals surface area contributed by atoms with Crippen LogP contribution in [-0.4, -0.2) is 41.1 Å². The van der Waals surface area contributed by atoms with Gasteiger partial charge >= 0.3 is 6.09 Å². The molecule has 2 heterocycles. The first-order valence-electron chi connectivity index (χ1n) is 9.95. The first-order chi connectivity index (χ1) is 14.6. The van der Waals surface area contributed by atoms with Gasteiger partial charge in [-0.05, 0) is 44.5 Å². The summed E-state index contributed by atoms with van der Waals surface area (Å²) in [7, 11) is 0. The fraction of sp³-hybridized carbons (Fsp3) is 0.455. The third-order valence-electron chi connectivity index (χ3n) is 4.57. The van der Waals surface area contributed by atoms with E-state index >= 15 is 0 Å². The number of aliphatic hydroxyl groups is 1. The van der Waals surface area contributed by atoms with Crippen molar-refractivity contribution in [2.45, 2.75) is 51.0 Å². The van der Waals surface area contributed by atoms with E-state index in [4.69, 9.17) is 37.4 Å². The van der Waals surface area contributed by atoms with E-state index in [1.807, 2.05) is 0 Å². The predicted octanol–water partition coefficient (Wildman–Crippen LogP) is 4.86. The van der Waals surface area contributed by atoms with E-state index in [-0.39, 0.29) is 6.10 Å². The Hall–Kier alpha value is -2.06. The number of nitrogens with one attached hydrogen (secondary N) is 1. The van der Waals surface area contributed by atoms with Crippen molar-refractivity contribution in [2.75, 3.05) is 13.2 Å². The molecule has 3 rings (SSSR count). The van der Waals surface area contributed by atoms with Crippen LogP contribution in [0, 0.1) is 0 Å². The number of rotatable bonds is 6. The minimum Gasteiger partial charge on any atom is -0.472 e. The first kappa shape index (κ1) is 23.6. The van der Waals surface area contributed by atoms with Crippen LogP contribution in [0.1, 0.15) is 50.5 Å².